The second-order valence-electron chi connectivity index (χ2n) is 5.63. The molecule has 0 saturated carbocycles. The highest BCUT2D eigenvalue weighted by atomic mass is 79.9. The normalized spacial score (nSPS) is 20.8. The van der Waals surface area contributed by atoms with Gasteiger partial charge < -0.3 is 4.74 Å². The van der Waals surface area contributed by atoms with Crippen LogP contribution in [0, 0.1) is 5.41 Å². The van der Waals surface area contributed by atoms with E-state index in [0.29, 0.717) is 30.9 Å². The van der Waals surface area contributed by atoms with E-state index in [-0.39, 0.29) is 17.2 Å². The molecule has 1 aromatic carbocycles. The van der Waals surface area contributed by atoms with E-state index in [1.54, 1.807) is 18.2 Å². The molecule has 0 aliphatic carbocycles. The fourth-order valence-electron chi connectivity index (χ4n) is 2.88. The molecule has 3 rings (SSSR count). The number of hydrogen-bond acceptors (Lipinski definition) is 3. The van der Waals surface area contributed by atoms with Gasteiger partial charge in [-0.1, -0.05) is 31.9 Å². The Kier molecular flexibility index (Phi) is 4.21. The second kappa shape index (κ2) is 5.82. The van der Waals surface area contributed by atoms with Crippen LogP contribution in [0.3, 0.4) is 0 Å². The van der Waals surface area contributed by atoms with Gasteiger partial charge in [0.1, 0.15) is 0 Å². The first-order chi connectivity index (χ1) is 10.1. The van der Waals surface area contributed by atoms with Crippen LogP contribution in [-0.2, 0) is 4.74 Å². The number of hydrogen-bond donors (Lipinski definition) is 0. The number of amides is 2. The lowest BCUT2D eigenvalue weighted by atomic mass is 9.82. The maximum absolute atomic E-state index is 12.5. The average Bonchev–Trinajstić information content (AvgIpc) is 2.73. The molecule has 0 N–H and O–H groups in total. The van der Waals surface area contributed by atoms with Crippen molar-refractivity contribution in [3.05, 3.63) is 33.8 Å². The Morgan fingerprint density at radius 1 is 1.14 bits per heavy atom. The number of imide groups is 1. The predicted molar refractivity (Wildman–Crippen MR) is 85.8 cm³/mol. The van der Waals surface area contributed by atoms with Gasteiger partial charge >= 0.3 is 0 Å². The van der Waals surface area contributed by atoms with E-state index >= 15 is 0 Å². The molecule has 0 aromatic heterocycles. The summed E-state index contributed by atoms with van der Waals surface area (Å²) in [6, 6.07) is 5.23. The fourth-order valence-corrected chi connectivity index (χ4v) is 3.98. The minimum atomic E-state index is -0.192. The monoisotopic (exact) mass is 415 g/mol. The number of ether oxygens (including phenoxy) is 1. The SMILES string of the molecule is O=C1c2ccc(Br)cc2C(=O)N1CC1(CBr)CCOCC1. The second-order valence-corrected chi connectivity index (χ2v) is 7.11. The molecule has 0 radical (unpaired) electrons. The number of rotatable bonds is 3. The molecular formula is C15H15Br2NO3. The van der Waals surface area contributed by atoms with Gasteiger partial charge in [0.2, 0.25) is 0 Å². The van der Waals surface area contributed by atoms with Crippen molar-refractivity contribution in [2.45, 2.75) is 12.8 Å². The first-order valence-electron chi connectivity index (χ1n) is 6.86. The number of benzene rings is 1. The molecule has 4 nitrogen and oxygen atoms in total. The van der Waals surface area contributed by atoms with Gasteiger partial charge in [0.25, 0.3) is 11.8 Å². The van der Waals surface area contributed by atoms with Crippen LogP contribution in [0.2, 0.25) is 0 Å². The summed E-state index contributed by atoms with van der Waals surface area (Å²) >= 11 is 6.90. The highest BCUT2D eigenvalue weighted by Gasteiger charge is 2.42. The van der Waals surface area contributed by atoms with E-state index in [1.807, 2.05) is 0 Å². The van der Waals surface area contributed by atoms with Gasteiger partial charge in [-0.2, -0.15) is 0 Å². The summed E-state index contributed by atoms with van der Waals surface area (Å²) in [5, 5.41) is 0.764. The van der Waals surface area contributed by atoms with Crippen molar-refractivity contribution in [3.8, 4) is 0 Å². The molecule has 0 bridgehead atoms. The standard InChI is InChI=1S/C15H15Br2NO3/c16-8-15(3-5-21-6-4-15)9-18-13(19)11-2-1-10(17)7-12(11)14(18)20/h1-2,7H,3-6,8-9H2. The van der Waals surface area contributed by atoms with Crippen molar-refractivity contribution < 1.29 is 14.3 Å². The number of halogens is 2. The van der Waals surface area contributed by atoms with Crippen molar-refractivity contribution in [1.82, 2.24) is 4.90 Å². The summed E-state index contributed by atoms with van der Waals surface area (Å²) in [5.74, 6) is -0.377. The zero-order valence-electron chi connectivity index (χ0n) is 11.4. The van der Waals surface area contributed by atoms with Gasteiger partial charge in [-0.05, 0) is 31.0 Å². The summed E-state index contributed by atoms with van der Waals surface area (Å²) in [6.07, 6.45) is 1.71. The first-order valence-corrected chi connectivity index (χ1v) is 8.77. The maximum atomic E-state index is 12.5. The van der Waals surface area contributed by atoms with Crippen molar-refractivity contribution in [2.75, 3.05) is 25.1 Å². The van der Waals surface area contributed by atoms with E-state index < -0.39 is 0 Å². The Morgan fingerprint density at radius 3 is 2.48 bits per heavy atom. The van der Waals surface area contributed by atoms with Crippen LogP contribution < -0.4 is 0 Å². The minimum Gasteiger partial charge on any atom is -0.381 e. The molecule has 2 heterocycles. The molecule has 112 valence electrons. The molecule has 21 heavy (non-hydrogen) atoms. The summed E-state index contributed by atoms with van der Waals surface area (Å²) < 4.78 is 6.22. The highest BCUT2D eigenvalue weighted by Crippen LogP contribution is 2.36. The third-order valence-corrected chi connectivity index (χ3v) is 5.95. The Balaban J connectivity index is 1.87. The van der Waals surface area contributed by atoms with Gasteiger partial charge in [0.15, 0.2) is 0 Å². The third kappa shape index (κ3) is 2.69. The average molecular weight is 417 g/mol. The van der Waals surface area contributed by atoms with Crippen LogP contribution in [0.1, 0.15) is 33.6 Å². The molecule has 0 atom stereocenters. The zero-order valence-corrected chi connectivity index (χ0v) is 14.6. The van der Waals surface area contributed by atoms with Gasteiger partial charge in [0.05, 0.1) is 11.1 Å². The quantitative estimate of drug-likeness (QED) is 0.561. The first kappa shape index (κ1) is 15.2. The van der Waals surface area contributed by atoms with Crippen LogP contribution in [0.25, 0.3) is 0 Å². The van der Waals surface area contributed by atoms with Crippen molar-refractivity contribution >= 4 is 43.7 Å². The molecular weight excluding hydrogens is 402 g/mol. The van der Waals surface area contributed by atoms with E-state index in [4.69, 9.17) is 4.74 Å². The number of alkyl halides is 1. The lowest BCUT2D eigenvalue weighted by Crippen LogP contribution is -2.45. The predicted octanol–water partition coefficient (Wildman–Crippen LogP) is 3.24. The molecule has 6 heteroatoms. The van der Waals surface area contributed by atoms with Crippen molar-refractivity contribution in [1.29, 1.82) is 0 Å². The van der Waals surface area contributed by atoms with E-state index in [2.05, 4.69) is 31.9 Å². The lowest BCUT2D eigenvalue weighted by Gasteiger charge is -2.37. The van der Waals surface area contributed by atoms with Crippen LogP contribution >= 0.6 is 31.9 Å². The van der Waals surface area contributed by atoms with E-state index in [1.165, 1.54) is 4.90 Å². The summed E-state index contributed by atoms with van der Waals surface area (Å²) in [5.41, 5.74) is 0.911. The molecule has 2 aliphatic rings. The van der Waals surface area contributed by atoms with Gasteiger partial charge in [-0.15, -0.1) is 0 Å². The topological polar surface area (TPSA) is 46.6 Å². The Morgan fingerprint density at radius 2 is 1.81 bits per heavy atom. The molecule has 2 aliphatic heterocycles. The van der Waals surface area contributed by atoms with E-state index in [9.17, 15) is 9.59 Å². The van der Waals surface area contributed by atoms with Gasteiger partial charge in [-0.3, -0.25) is 14.5 Å². The fraction of sp³-hybridized carbons (Fsp3) is 0.467. The Hall–Kier alpha value is -0.720. The number of fused-ring (bicyclic) bond motifs is 1. The number of nitrogens with zero attached hydrogens (tertiary/aromatic N) is 1. The van der Waals surface area contributed by atoms with E-state index in [0.717, 1.165) is 22.6 Å². The van der Waals surface area contributed by atoms with Crippen LogP contribution in [0.15, 0.2) is 22.7 Å². The van der Waals surface area contributed by atoms with Crippen LogP contribution in [0.5, 0.6) is 0 Å². The molecule has 1 saturated heterocycles. The number of carbonyl (C=O) groups is 2. The lowest BCUT2D eigenvalue weighted by molar-refractivity contribution is 0.0103. The van der Waals surface area contributed by atoms with Gasteiger partial charge in [0, 0.05) is 35.0 Å². The Bertz CT molecular complexity index is 597. The van der Waals surface area contributed by atoms with Gasteiger partial charge in [-0.25, -0.2) is 0 Å². The minimum absolute atomic E-state index is 0.0805. The largest absolute Gasteiger partial charge is 0.381 e. The summed E-state index contributed by atoms with van der Waals surface area (Å²) in [7, 11) is 0. The molecule has 2 amide bonds. The Labute approximate surface area is 140 Å². The number of carbonyl (C=O) groups excluding carboxylic acids is 2. The van der Waals surface area contributed by atoms with Crippen molar-refractivity contribution in [3.63, 3.8) is 0 Å². The third-order valence-electron chi connectivity index (χ3n) is 4.26. The molecule has 0 spiro atoms. The van der Waals surface area contributed by atoms with Crippen LogP contribution in [0.4, 0.5) is 0 Å². The van der Waals surface area contributed by atoms with Crippen molar-refractivity contribution in [2.24, 2.45) is 5.41 Å². The summed E-state index contributed by atoms with van der Waals surface area (Å²) in [4.78, 5) is 26.4. The smallest absolute Gasteiger partial charge is 0.261 e. The molecule has 0 unspecified atom stereocenters. The highest BCUT2D eigenvalue weighted by molar-refractivity contribution is 9.10. The maximum Gasteiger partial charge on any atom is 0.261 e. The van der Waals surface area contributed by atoms with Crippen LogP contribution in [-0.4, -0.2) is 41.8 Å². The molecule has 1 fully saturated rings. The zero-order chi connectivity index (χ0) is 15.0. The molecule has 1 aromatic rings. The summed E-state index contributed by atoms with van der Waals surface area (Å²) in [6.45, 7) is 1.81.